The van der Waals surface area contributed by atoms with Crippen LogP contribution in [0, 0.1) is 11.6 Å². The first kappa shape index (κ1) is 15.4. The minimum atomic E-state index is -0.507. The van der Waals surface area contributed by atoms with Crippen LogP contribution in [0.4, 0.5) is 8.78 Å². The third-order valence-corrected chi connectivity index (χ3v) is 3.50. The molecular formula is C16H14ClF2NO. The van der Waals surface area contributed by atoms with Crippen LogP contribution in [0.1, 0.15) is 24.1 Å². The van der Waals surface area contributed by atoms with Crippen molar-refractivity contribution in [3.8, 4) is 0 Å². The van der Waals surface area contributed by atoms with Crippen molar-refractivity contribution >= 4 is 17.5 Å². The van der Waals surface area contributed by atoms with Gasteiger partial charge in [0, 0.05) is 10.6 Å². The van der Waals surface area contributed by atoms with Gasteiger partial charge in [0.1, 0.15) is 11.6 Å². The maximum absolute atomic E-state index is 13.6. The number of hydrogen-bond acceptors (Lipinski definition) is 1. The van der Waals surface area contributed by atoms with E-state index in [0.717, 1.165) is 5.56 Å². The molecule has 0 aliphatic carbocycles. The Morgan fingerprint density at radius 2 is 1.86 bits per heavy atom. The normalized spacial score (nSPS) is 12.0. The summed E-state index contributed by atoms with van der Waals surface area (Å²) in [6.07, 6.45) is -0.142. The minimum Gasteiger partial charge on any atom is -0.349 e. The molecule has 0 radical (unpaired) electrons. The van der Waals surface area contributed by atoms with E-state index in [9.17, 15) is 13.6 Å². The summed E-state index contributed by atoms with van der Waals surface area (Å²) in [5, 5.41) is 2.95. The van der Waals surface area contributed by atoms with Crippen LogP contribution >= 0.6 is 11.6 Å². The van der Waals surface area contributed by atoms with E-state index in [1.165, 1.54) is 30.3 Å². The Labute approximate surface area is 126 Å². The smallest absolute Gasteiger partial charge is 0.225 e. The number of hydrogen-bond donors (Lipinski definition) is 1. The van der Waals surface area contributed by atoms with Gasteiger partial charge in [0.15, 0.2) is 0 Å². The molecule has 1 N–H and O–H groups in total. The van der Waals surface area contributed by atoms with Gasteiger partial charge in [-0.25, -0.2) is 8.78 Å². The van der Waals surface area contributed by atoms with Gasteiger partial charge in [-0.2, -0.15) is 0 Å². The minimum absolute atomic E-state index is 0.142. The van der Waals surface area contributed by atoms with Gasteiger partial charge >= 0.3 is 0 Å². The number of benzene rings is 2. The SMILES string of the molecule is C[C@H](NC(=O)Cc1c(F)cccc1Cl)c1ccc(F)cc1. The Kier molecular flexibility index (Phi) is 4.91. The number of carbonyl (C=O) groups is 1. The summed E-state index contributed by atoms with van der Waals surface area (Å²) in [5.41, 5.74) is 0.937. The molecule has 2 aromatic rings. The zero-order valence-electron chi connectivity index (χ0n) is 11.4. The Hall–Kier alpha value is -1.94. The molecule has 110 valence electrons. The lowest BCUT2D eigenvalue weighted by Gasteiger charge is -2.15. The summed E-state index contributed by atoms with van der Waals surface area (Å²) in [4.78, 5) is 12.0. The number of amides is 1. The number of rotatable bonds is 4. The first-order chi connectivity index (χ1) is 9.97. The van der Waals surface area contributed by atoms with E-state index >= 15 is 0 Å². The molecule has 5 heteroatoms. The van der Waals surface area contributed by atoms with Crippen molar-refractivity contribution in [2.24, 2.45) is 0 Å². The Morgan fingerprint density at radius 3 is 2.48 bits per heavy atom. The standard InChI is InChI=1S/C16H14ClF2NO/c1-10(11-5-7-12(18)8-6-11)20-16(21)9-13-14(17)3-2-4-15(13)19/h2-8,10H,9H2,1H3,(H,20,21)/t10-/m0/s1. The first-order valence-electron chi connectivity index (χ1n) is 6.45. The average Bonchev–Trinajstić information content (AvgIpc) is 2.43. The number of halogens is 3. The molecule has 0 heterocycles. The van der Waals surface area contributed by atoms with E-state index in [-0.39, 0.29) is 34.8 Å². The van der Waals surface area contributed by atoms with Crippen LogP contribution < -0.4 is 5.32 Å². The molecule has 0 saturated carbocycles. The maximum atomic E-state index is 13.6. The molecule has 0 saturated heterocycles. The fraction of sp³-hybridized carbons (Fsp3) is 0.188. The highest BCUT2D eigenvalue weighted by Gasteiger charge is 2.14. The Bertz CT molecular complexity index is 623. The van der Waals surface area contributed by atoms with Crippen LogP contribution in [0.5, 0.6) is 0 Å². The van der Waals surface area contributed by atoms with Crippen molar-refractivity contribution in [2.75, 3.05) is 0 Å². The quantitative estimate of drug-likeness (QED) is 0.907. The fourth-order valence-electron chi connectivity index (χ4n) is 1.99. The van der Waals surface area contributed by atoms with Crippen LogP contribution in [-0.2, 0) is 11.2 Å². The zero-order chi connectivity index (χ0) is 15.4. The molecule has 2 rings (SSSR count). The van der Waals surface area contributed by atoms with Crippen LogP contribution in [0.2, 0.25) is 5.02 Å². The summed E-state index contributed by atoms with van der Waals surface area (Å²) in [7, 11) is 0. The predicted octanol–water partition coefficient (Wildman–Crippen LogP) is 4.04. The summed E-state index contributed by atoms with van der Waals surface area (Å²) < 4.78 is 26.5. The maximum Gasteiger partial charge on any atom is 0.225 e. The van der Waals surface area contributed by atoms with Gasteiger partial charge in [-0.1, -0.05) is 29.8 Å². The largest absolute Gasteiger partial charge is 0.349 e. The highest BCUT2D eigenvalue weighted by molar-refractivity contribution is 6.31. The van der Waals surface area contributed by atoms with E-state index < -0.39 is 5.82 Å². The van der Waals surface area contributed by atoms with Crippen LogP contribution in [0.3, 0.4) is 0 Å². The van der Waals surface area contributed by atoms with E-state index in [1.807, 2.05) is 0 Å². The van der Waals surface area contributed by atoms with Gasteiger partial charge < -0.3 is 5.32 Å². The molecule has 0 spiro atoms. The van der Waals surface area contributed by atoms with E-state index in [1.54, 1.807) is 19.1 Å². The van der Waals surface area contributed by atoms with Crippen LogP contribution in [0.15, 0.2) is 42.5 Å². The van der Waals surface area contributed by atoms with Crippen molar-refractivity contribution in [3.63, 3.8) is 0 Å². The zero-order valence-corrected chi connectivity index (χ0v) is 12.1. The lowest BCUT2D eigenvalue weighted by atomic mass is 10.1. The molecule has 0 fully saturated rings. The van der Waals surface area contributed by atoms with Crippen molar-refractivity contribution in [2.45, 2.75) is 19.4 Å². The van der Waals surface area contributed by atoms with Crippen molar-refractivity contribution < 1.29 is 13.6 Å². The molecule has 1 amide bonds. The van der Waals surface area contributed by atoms with E-state index in [2.05, 4.69) is 5.32 Å². The molecule has 1 atom stereocenters. The van der Waals surface area contributed by atoms with E-state index in [4.69, 9.17) is 11.6 Å². The second-order valence-corrected chi connectivity index (χ2v) is 5.12. The molecular weight excluding hydrogens is 296 g/mol. The fourth-order valence-corrected chi connectivity index (χ4v) is 2.22. The molecule has 21 heavy (non-hydrogen) atoms. The van der Waals surface area contributed by atoms with Crippen molar-refractivity contribution in [1.82, 2.24) is 5.32 Å². The molecule has 2 nitrogen and oxygen atoms in total. The molecule has 0 aliphatic heterocycles. The summed E-state index contributed by atoms with van der Waals surface area (Å²) in [6, 6.07) is 9.82. The van der Waals surface area contributed by atoms with Crippen LogP contribution in [0.25, 0.3) is 0 Å². The van der Waals surface area contributed by atoms with Gasteiger partial charge in [-0.3, -0.25) is 4.79 Å². The molecule has 0 bridgehead atoms. The molecule has 0 aromatic heterocycles. The van der Waals surface area contributed by atoms with Crippen molar-refractivity contribution in [1.29, 1.82) is 0 Å². The van der Waals surface area contributed by atoms with Gasteiger partial charge in [0.2, 0.25) is 5.91 Å². The summed E-state index contributed by atoms with van der Waals surface area (Å²) in [6.45, 7) is 1.77. The molecule has 0 unspecified atom stereocenters. The topological polar surface area (TPSA) is 29.1 Å². The second-order valence-electron chi connectivity index (χ2n) is 4.72. The molecule has 2 aromatic carbocycles. The average molecular weight is 310 g/mol. The monoisotopic (exact) mass is 309 g/mol. The van der Waals surface area contributed by atoms with Gasteiger partial charge in [0.25, 0.3) is 0 Å². The Balaban J connectivity index is 2.03. The van der Waals surface area contributed by atoms with Gasteiger partial charge in [-0.15, -0.1) is 0 Å². The summed E-state index contributed by atoms with van der Waals surface area (Å²) in [5.74, 6) is -1.19. The van der Waals surface area contributed by atoms with Gasteiger partial charge in [0.05, 0.1) is 12.5 Å². The first-order valence-corrected chi connectivity index (χ1v) is 6.83. The third kappa shape index (κ3) is 4.02. The summed E-state index contributed by atoms with van der Waals surface area (Å²) >= 11 is 5.88. The number of nitrogens with one attached hydrogen (secondary N) is 1. The molecule has 0 aliphatic rings. The predicted molar refractivity (Wildman–Crippen MR) is 78.1 cm³/mol. The highest BCUT2D eigenvalue weighted by Crippen LogP contribution is 2.20. The van der Waals surface area contributed by atoms with E-state index in [0.29, 0.717) is 0 Å². The highest BCUT2D eigenvalue weighted by atomic mass is 35.5. The number of carbonyl (C=O) groups excluding carboxylic acids is 1. The van der Waals surface area contributed by atoms with Gasteiger partial charge in [-0.05, 0) is 36.8 Å². The third-order valence-electron chi connectivity index (χ3n) is 3.15. The second kappa shape index (κ2) is 6.68. The Morgan fingerprint density at radius 1 is 1.19 bits per heavy atom. The van der Waals surface area contributed by atoms with Crippen LogP contribution in [-0.4, -0.2) is 5.91 Å². The lowest BCUT2D eigenvalue weighted by molar-refractivity contribution is -0.121. The lowest BCUT2D eigenvalue weighted by Crippen LogP contribution is -2.28. The van der Waals surface area contributed by atoms with Crippen molar-refractivity contribution in [3.05, 3.63) is 70.2 Å².